The molecular weight excluding hydrogens is 327 g/mol. The lowest BCUT2D eigenvalue weighted by molar-refractivity contribution is 0.318. The Morgan fingerprint density at radius 3 is 2.65 bits per heavy atom. The summed E-state index contributed by atoms with van der Waals surface area (Å²) in [6.45, 7) is 1.67. The van der Waals surface area contributed by atoms with E-state index >= 15 is 0 Å². The predicted molar refractivity (Wildman–Crippen MR) is 77.9 cm³/mol. The van der Waals surface area contributed by atoms with Crippen LogP contribution in [0.15, 0.2) is 46.0 Å². The third-order valence-corrected chi connectivity index (χ3v) is 3.31. The van der Waals surface area contributed by atoms with Gasteiger partial charge < -0.3 is 15.7 Å². The molecule has 0 fully saturated rings. The topological polar surface area (TPSA) is 67.8 Å². The Hall–Kier alpha value is -2.08. The van der Waals surface area contributed by atoms with Crippen LogP contribution in [0.4, 0.5) is 4.39 Å². The highest BCUT2D eigenvalue weighted by Crippen LogP contribution is 2.31. The molecule has 0 heterocycles. The van der Waals surface area contributed by atoms with Crippen LogP contribution < -0.4 is 10.5 Å². The zero-order chi connectivity index (χ0) is 14.7. The summed E-state index contributed by atoms with van der Waals surface area (Å²) in [5.74, 6) is 0.806. The highest BCUT2D eigenvalue weighted by Gasteiger charge is 2.08. The molecule has 104 valence electrons. The maximum atomic E-state index is 13.2. The molecule has 0 unspecified atom stereocenters. The monoisotopic (exact) mass is 338 g/mol. The molecule has 0 atom stereocenters. The lowest BCUT2D eigenvalue weighted by atomic mass is 10.2. The average Bonchev–Trinajstić information content (AvgIpc) is 2.44. The van der Waals surface area contributed by atoms with Crippen molar-refractivity contribution in [1.82, 2.24) is 0 Å². The second-order valence-electron chi connectivity index (χ2n) is 4.14. The van der Waals surface area contributed by atoms with Crippen LogP contribution in [0, 0.1) is 12.7 Å². The van der Waals surface area contributed by atoms with Gasteiger partial charge >= 0.3 is 0 Å². The number of nitrogens with zero attached hydrogens (tertiary/aromatic N) is 1. The number of rotatable bonds is 3. The van der Waals surface area contributed by atoms with Crippen LogP contribution in [0.1, 0.15) is 11.1 Å². The molecule has 20 heavy (non-hydrogen) atoms. The lowest BCUT2D eigenvalue weighted by Crippen LogP contribution is -2.12. The highest BCUT2D eigenvalue weighted by atomic mass is 79.9. The first-order valence-electron chi connectivity index (χ1n) is 5.72. The molecule has 0 aliphatic rings. The first-order chi connectivity index (χ1) is 9.51. The molecule has 0 radical (unpaired) electrons. The molecule has 2 aromatic carbocycles. The molecule has 0 saturated heterocycles. The minimum Gasteiger partial charge on any atom is -0.456 e. The summed E-state index contributed by atoms with van der Waals surface area (Å²) in [4.78, 5) is 0. The quantitative estimate of drug-likeness (QED) is 0.387. The van der Waals surface area contributed by atoms with Crippen molar-refractivity contribution >= 4 is 21.8 Å². The predicted octanol–water partition coefficient (Wildman–Crippen LogP) is 3.78. The number of ether oxygens (including phenoxy) is 1. The number of nitrogens with two attached hydrogens (primary N) is 1. The van der Waals surface area contributed by atoms with Gasteiger partial charge in [-0.1, -0.05) is 5.16 Å². The fraction of sp³-hybridized carbons (Fsp3) is 0.0714. The van der Waals surface area contributed by atoms with Crippen molar-refractivity contribution in [3.05, 3.63) is 57.8 Å². The molecule has 0 spiro atoms. The van der Waals surface area contributed by atoms with E-state index in [1.54, 1.807) is 37.3 Å². The normalized spacial score (nSPS) is 11.4. The van der Waals surface area contributed by atoms with Gasteiger partial charge in [0.25, 0.3) is 0 Å². The molecular formula is C14H12BrFN2O2. The van der Waals surface area contributed by atoms with Crippen molar-refractivity contribution in [1.29, 1.82) is 0 Å². The van der Waals surface area contributed by atoms with Crippen molar-refractivity contribution in [2.24, 2.45) is 10.9 Å². The smallest absolute Gasteiger partial charge is 0.170 e. The fourth-order valence-electron chi connectivity index (χ4n) is 1.61. The third-order valence-electron chi connectivity index (χ3n) is 2.69. The number of hydrogen-bond donors (Lipinski definition) is 2. The Labute approximate surface area is 123 Å². The van der Waals surface area contributed by atoms with Gasteiger partial charge in [0.2, 0.25) is 0 Å². The van der Waals surface area contributed by atoms with Crippen molar-refractivity contribution < 1.29 is 14.3 Å². The Bertz CT molecular complexity index is 674. The van der Waals surface area contributed by atoms with Crippen LogP contribution >= 0.6 is 15.9 Å². The van der Waals surface area contributed by atoms with Crippen LogP contribution in [0.3, 0.4) is 0 Å². The van der Waals surface area contributed by atoms with E-state index in [0.29, 0.717) is 27.1 Å². The summed E-state index contributed by atoms with van der Waals surface area (Å²) in [7, 11) is 0. The Kier molecular flexibility index (Phi) is 4.24. The molecule has 2 rings (SSSR count). The van der Waals surface area contributed by atoms with E-state index in [-0.39, 0.29) is 11.7 Å². The first-order valence-corrected chi connectivity index (χ1v) is 6.52. The molecule has 0 amide bonds. The van der Waals surface area contributed by atoms with E-state index in [4.69, 9.17) is 15.7 Å². The molecule has 3 N–H and O–H groups in total. The minimum absolute atomic E-state index is 0.00915. The second-order valence-corrected chi connectivity index (χ2v) is 5.00. The van der Waals surface area contributed by atoms with Crippen molar-refractivity contribution in [3.63, 3.8) is 0 Å². The Morgan fingerprint density at radius 1 is 1.30 bits per heavy atom. The summed E-state index contributed by atoms with van der Waals surface area (Å²) in [5, 5.41) is 11.5. The number of aryl methyl sites for hydroxylation is 1. The van der Waals surface area contributed by atoms with Gasteiger partial charge in [-0.25, -0.2) is 4.39 Å². The van der Waals surface area contributed by atoms with Gasteiger partial charge in [0.15, 0.2) is 5.84 Å². The molecule has 0 aliphatic carbocycles. The lowest BCUT2D eigenvalue weighted by Gasteiger charge is -2.10. The fourth-order valence-corrected chi connectivity index (χ4v) is 2.07. The van der Waals surface area contributed by atoms with Gasteiger partial charge in [0.05, 0.1) is 4.47 Å². The van der Waals surface area contributed by atoms with Gasteiger partial charge in [-0.2, -0.15) is 0 Å². The van der Waals surface area contributed by atoms with Crippen molar-refractivity contribution in [2.75, 3.05) is 0 Å². The molecule has 0 bridgehead atoms. The molecule has 2 aromatic rings. The van der Waals surface area contributed by atoms with Gasteiger partial charge in [-0.3, -0.25) is 0 Å². The van der Waals surface area contributed by atoms with Crippen LogP contribution in [0.25, 0.3) is 0 Å². The molecule has 0 aromatic heterocycles. The molecule has 0 aliphatic heterocycles. The number of benzene rings is 2. The van der Waals surface area contributed by atoms with Crippen LogP contribution in [0.2, 0.25) is 0 Å². The number of halogens is 2. The van der Waals surface area contributed by atoms with Crippen LogP contribution in [0.5, 0.6) is 11.5 Å². The zero-order valence-corrected chi connectivity index (χ0v) is 12.2. The zero-order valence-electron chi connectivity index (χ0n) is 10.6. The summed E-state index contributed by atoms with van der Waals surface area (Å²) in [6.07, 6.45) is 0. The summed E-state index contributed by atoms with van der Waals surface area (Å²) < 4.78 is 19.5. The molecule has 6 heteroatoms. The molecule has 4 nitrogen and oxygen atoms in total. The maximum absolute atomic E-state index is 13.2. The van der Waals surface area contributed by atoms with Crippen molar-refractivity contribution in [3.8, 4) is 11.5 Å². The average molecular weight is 339 g/mol. The highest BCUT2D eigenvalue weighted by molar-refractivity contribution is 9.10. The maximum Gasteiger partial charge on any atom is 0.170 e. The van der Waals surface area contributed by atoms with Crippen LogP contribution in [-0.4, -0.2) is 11.0 Å². The van der Waals surface area contributed by atoms with E-state index < -0.39 is 0 Å². The summed E-state index contributed by atoms with van der Waals surface area (Å²) in [5.41, 5.74) is 6.56. The number of oxime groups is 1. The largest absolute Gasteiger partial charge is 0.456 e. The number of amidine groups is 1. The van der Waals surface area contributed by atoms with Gasteiger partial charge in [-0.05, 0) is 64.8 Å². The SMILES string of the molecule is Cc1cc(Oc2ccc(/C(N)=N/O)cc2Br)ccc1F. The van der Waals surface area contributed by atoms with Gasteiger partial charge in [-0.15, -0.1) is 0 Å². The van der Waals surface area contributed by atoms with Gasteiger partial charge in [0, 0.05) is 5.56 Å². The molecule has 0 saturated carbocycles. The Balaban J connectivity index is 2.28. The van der Waals surface area contributed by atoms with Gasteiger partial charge in [0.1, 0.15) is 17.3 Å². The second kappa shape index (κ2) is 5.92. The van der Waals surface area contributed by atoms with E-state index in [0.717, 1.165) is 0 Å². The summed E-state index contributed by atoms with van der Waals surface area (Å²) in [6, 6.07) is 9.51. The van der Waals surface area contributed by atoms with E-state index in [1.165, 1.54) is 6.07 Å². The van der Waals surface area contributed by atoms with Crippen LogP contribution in [-0.2, 0) is 0 Å². The first kappa shape index (κ1) is 14.3. The minimum atomic E-state index is -0.279. The standard InChI is InChI=1S/C14H12BrFN2O2/c1-8-6-10(3-4-12(8)16)20-13-5-2-9(7-11(13)15)14(17)18-19/h2-7,19H,1H3,(H2,17,18). The van der Waals surface area contributed by atoms with E-state index in [2.05, 4.69) is 21.1 Å². The Morgan fingerprint density at radius 2 is 2.05 bits per heavy atom. The number of hydrogen-bond acceptors (Lipinski definition) is 3. The van der Waals surface area contributed by atoms with Crippen molar-refractivity contribution in [2.45, 2.75) is 6.92 Å². The third kappa shape index (κ3) is 3.08. The van der Waals surface area contributed by atoms with E-state index in [1.807, 2.05) is 0 Å². The van der Waals surface area contributed by atoms with E-state index in [9.17, 15) is 4.39 Å². The summed E-state index contributed by atoms with van der Waals surface area (Å²) >= 11 is 3.34.